The molecule has 3 aliphatic heterocycles. The number of rotatable bonds is 0. The number of nitrogens with zero attached hydrogens (tertiary/aromatic N) is 2. The normalized spacial score (nSPS) is 44.8. The molecule has 0 aromatic rings. The van der Waals surface area contributed by atoms with Crippen molar-refractivity contribution in [2.45, 2.75) is 31.7 Å². The lowest BCUT2D eigenvalue weighted by molar-refractivity contribution is -0.0231. The maximum absolute atomic E-state index is 2.80. The molecule has 3 unspecified atom stereocenters. The Bertz CT molecular complexity index is 214. The van der Waals surface area contributed by atoms with Crippen molar-refractivity contribution in [1.29, 1.82) is 0 Å². The summed E-state index contributed by atoms with van der Waals surface area (Å²) in [6.07, 6.45) is 5.93. The van der Waals surface area contributed by atoms with E-state index in [9.17, 15) is 0 Å². The molecule has 0 saturated carbocycles. The van der Waals surface area contributed by atoms with Gasteiger partial charge >= 0.3 is 0 Å². The molecular formula is C12H22N2. The van der Waals surface area contributed by atoms with E-state index in [1.165, 1.54) is 51.9 Å². The second kappa shape index (κ2) is 3.49. The molecule has 0 aliphatic carbocycles. The Morgan fingerprint density at radius 3 is 2.93 bits per heavy atom. The van der Waals surface area contributed by atoms with Crippen molar-refractivity contribution in [2.24, 2.45) is 11.8 Å². The molecule has 0 aromatic carbocycles. The van der Waals surface area contributed by atoms with Crippen LogP contribution in [0.15, 0.2) is 0 Å². The predicted molar refractivity (Wildman–Crippen MR) is 58.3 cm³/mol. The van der Waals surface area contributed by atoms with Gasteiger partial charge in [0.25, 0.3) is 0 Å². The van der Waals surface area contributed by atoms with Crippen LogP contribution in [0.5, 0.6) is 0 Å². The summed E-state index contributed by atoms with van der Waals surface area (Å²) in [6.45, 7) is 5.49. The van der Waals surface area contributed by atoms with Gasteiger partial charge in [-0.1, -0.05) is 6.42 Å². The monoisotopic (exact) mass is 194 g/mol. The van der Waals surface area contributed by atoms with E-state index in [0.717, 1.165) is 17.9 Å². The van der Waals surface area contributed by atoms with Gasteiger partial charge in [-0.2, -0.15) is 0 Å². The fourth-order valence-electron chi connectivity index (χ4n) is 4.01. The average Bonchev–Trinajstić information content (AvgIpc) is 2.17. The Morgan fingerprint density at radius 1 is 1.07 bits per heavy atom. The number of likely N-dealkylation sites (tertiary alicyclic amines) is 1. The topological polar surface area (TPSA) is 6.48 Å². The first kappa shape index (κ1) is 9.17. The summed E-state index contributed by atoms with van der Waals surface area (Å²) in [5.41, 5.74) is 0. The van der Waals surface area contributed by atoms with Crippen LogP contribution in [0.1, 0.15) is 25.7 Å². The molecule has 14 heavy (non-hydrogen) atoms. The molecule has 3 heterocycles. The molecule has 0 amide bonds. The Balaban J connectivity index is 1.76. The van der Waals surface area contributed by atoms with Crippen molar-refractivity contribution in [1.82, 2.24) is 9.80 Å². The maximum Gasteiger partial charge on any atom is 0.0136 e. The molecule has 2 nitrogen and oxygen atoms in total. The highest BCUT2D eigenvalue weighted by molar-refractivity contribution is 4.94. The molecule has 0 aromatic heterocycles. The van der Waals surface area contributed by atoms with E-state index in [-0.39, 0.29) is 0 Å². The summed E-state index contributed by atoms with van der Waals surface area (Å²) in [5.74, 6) is 1.97. The van der Waals surface area contributed by atoms with Gasteiger partial charge in [-0.15, -0.1) is 0 Å². The van der Waals surface area contributed by atoms with Crippen molar-refractivity contribution in [3.8, 4) is 0 Å². The lowest BCUT2D eigenvalue weighted by Crippen LogP contribution is -2.58. The van der Waals surface area contributed by atoms with E-state index in [4.69, 9.17) is 0 Å². The second-order valence-electron chi connectivity index (χ2n) is 5.64. The van der Waals surface area contributed by atoms with Crippen molar-refractivity contribution < 1.29 is 0 Å². The van der Waals surface area contributed by atoms with Gasteiger partial charge in [-0.25, -0.2) is 0 Å². The molecule has 2 heteroatoms. The van der Waals surface area contributed by atoms with Gasteiger partial charge in [-0.3, -0.25) is 4.90 Å². The lowest BCUT2D eigenvalue weighted by Gasteiger charge is -2.52. The summed E-state index contributed by atoms with van der Waals surface area (Å²) >= 11 is 0. The van der Waals surface area contributed by atoms with Crippen LogP contribution in [-0.4, -0.2) is 49.1 Å². The van der Waals surface area contributed by atoms with Gasteiger partial charge < -0.3 is 4.90 Å². The van der Waals surface area contributed by atoms with Gasteiger partial charge in [0.05, 0.1) is 0 Å². The standard InChI is InChI=1S/C12H22N2/c1-13-7-10-6-11(9-13)12-4-2-3-5-14(12)8-10/h10-12H,2-9H2,1H3. The molecular weight excluding hydrogens is 172 g/mol. The highest BCUT2D eigenvalue weighted by Crippen LogP contribution is 2.36. The lowest BCUT2D eigenvalue weighted by atomic mass is 9.76. The van der Waals surface area contributed by atoms with Gasteiger partial charge in [0.1, 0.15) is 0 Å². The van der Waals surface area contributed by atoms with E-state index in [2.05, 4.69) is 16.8 Å². The Hall–Kier alpha value is -0.0800. The number of hydrogen-bond donors (Lipinski definition) is 0. The molecule has 3 rings (SSSR count). The van der Waals surface area contributed by atoms with E-state index in [1.807, 2.05) is 0 Å². The fraction of sp³-hybridized carbons (Fsp3) is 1.00. The largest absolute Gasteiger partial charge is 0.306 e. The first-order chi connectivity index (χ1) is 6.83. The molecule has 80 valence electrons. The van der Waals surface area contributed by atoms with Crippen LogP contribution in [0, 0.1) is 11.8 Å². The molecule has 0 spiro atoms. The maximum atomic E-state index is 2.80. The zero-order chi connectivity index (χ0) is 9.54. The summed E-state index contributed by atoms with van der Waals surface area (Å²) in [6, 6.07) is 0.947. The Morgan fingerprint density at radius 2 is 2.00 bits per heavy atom. The molecule has 0 N–H and O–H groups in total. The molecule has 3 atom stereocenters. The predicted octanol–water partition coefficient (Wildman–Crippen LogP) is 1.42. The van der Waals surface area contributed by atoms with Crippen LogP contribution in [-0.2, 0) is 0 Å². The minimum atomic E-state index is 0.947. The van der Waals surface area contributed by atoms with Crippen molar-refractivity contribution in [3.05, 3.63) is 0 Å². The highest BCUT2D eigenvalue weighted by atomic mass is 15.2. The van der Waals surface area contributed by atoms with Crippen LogP contribution in [0.25, 0.3) is 0 Å². The van der Waals surface area contributed by atoms with E-state index >= 15 is 0 Å². The number of piperidine rings is 3. The van der Waals surface area contributed by atoms with Crippen molar-refractivity contribution in [3.63, 3.8) is 0 Å². The summed E-state index contributed by atoms with van der Waals surface area (Å²) < 4.78 is 0. The Labute approximate surface area is 87.3 Å². The first-order valence-corrected chi connectivity index (χ1v) is 6.25. The minimum Gasteiger partial charge on any atom is -0.306 e. The van der Waals surface area contributed by atoms with Gasteiger partial charge in [0.2, 0.25) is 0 Å². The van der Waals surface area contributed by atoms with Crippen LogP contribution in [0.3, 0.4) is 0 Å². The number of hydrogen-bond acceptors (Lipinski definition) is 2. The first-order valence-electron chi connectivity index (χ1n) is 6.25. The SMILES string of the molecule is CN1CC2CC(C1)C1CCCCN1C2. The third kappa shape index (κ3) is 1.49. The summed E-state index contributed by atoms with van der Waals surface area (Å²) in [7, 11) is 2.30. The van der Waals surface area contributed by atoms with Gasteiger partial charge in [-0.05, 0) is 44.7 Å². The van der Waals surface area contributed by atoms with Crippen LogP contribution >= 0.6 is 0 Å². The molecule has 0 radical (unpaired) electrons. The quantitative estimate of drug-likeness (QED) is 0.575. The zero-order valence-electron chi connectivity index (χ0n) is 9.28. The second-order valence-corrected chi connectivity index (χ2v) is 5.64. The van der Waals surface area contributed by atoms with Crippen molar-refractivity contribution in [2.75, 3.05) is 33.2 Å². The smallest absolute Gasteiger partial charge is 0.0136 e. The van der Waals surface area contributed by atoms with Gasteiger partial charge in [0.15, 0.2) is 0 Å². The molecule has 3 saturated heterocycles. The van der Waals surface area contributed by atoms with Crippen molar-refractivity contribution >= 4 is 0 Å². The third-order valence-corrected chi connectivity index (χ3v) is 4.45. The van der Waals surface area contributed by atoms with E-state index in [1.54, 1.807) is 0 Å². The summed E-state index contributed by atoms with van der Waals surface area (Å²) in [4.78, 5) is 5.36. The van der Waals surface area contributed by atoms with Crippen LogP contribution in [0.4, 0.5) is 0 Å². The molecule has 3 aliphatic rings. The molecule has 2 bridgehead atoms. The highest BCUT2D eigenvalue weighted by Gasteiger charge is 2.40. The minimum absolute atomic E-state index is 0.947. The number of fused-ring (bicyclic) bond motifs is 4. The van der Waals surface area contributed by atoms with E-state index < -0.39 is 0 Å². The zero-order valence-corrected chi connectivity index (χ0v) is 9.28. The van der Waals surface area contributed by atoms with E-state index in [0.29, 0.717) is 0 Å². The third-order valence-electron chi connectivity index (χ3n) is 4.45. The van der Waals surface area contributed by atoms with Crippen LogP contribution < -0.4 is 0 Å². The average molecular weight is 194 g/mol. The summed E-state index contributed by atoms with van der Waals surface area (Å²) in [5, 5.41) is 0. The Kier molecular flexibility index (Phi) is 2.29. The molecule has 3 fully saturated rings. The fourth-order valence-corrected chi connectivity index (χ4v) is 4.01. The van der Waals surface area contributed by atoms with Gasteiger partial charge in [0, 0.05) is 25.7 Å². The van der Waals surface area contributed by atoms with Crippen LogP contribution in [0.2, 0.25) is 0 Å².